The quantitative estimate of drug-likeness (QED) is 0.733. The summed E-state index contributed by atoms with van der Waals surface area (Å²) in [6, 6.07) is 0. The lowest BCUT2D eigenvalue weighted by Crippen LogP contribution is -2.33. The summed E-state index contributed by atoms with van der Waals surface area (Å²) < 4.78 is 11.3. The van der Waals surface area contributed by atoms with Crippen molar-refractivity contribution < 1.29 is 9.47 Å². The smallest absolute Gasteiger partial charge is 0.0808 e. The van der Waals surface area contributed by atoms with E-state index in [0.717, 1.165) is 32.8 Å². The molecule has 3 nitrogen and oxygen atoms in total. The van der Waals surface area contributed by atoms with Crippen molar-refractivity contribution in [1.29, 1.82) is 0 Å². The highest BCUT2D eigenvalue weighted by Crippen LogP contribution is 2.16. The van der Waals surface area contributed by atoms with Crippen molar-refractivity contribution in [3.8, 4) is 0 Å². The van der Waals surface area contributed by atoms with Crippen molar-refractivity contribution in [3.63, 3.8) is 0 Å². The van der Waals surface area contributed by atoms with Crippen LogP contribution in [0.3, 0.4) is 0 Å². The van der Waals surface area contributed by atoms with E-state index in [1.54, 1.807) is 0 Å². The molecule has 0 aromatic heterocycles. The summed E-state index contributed by atoms with van der Waals surface area (Å²) in [5.74, 6) is 0. The lowest BCUT2D eigenvalue weighted by atomic mass is 9.95. The van der Waals surface area contributed by atoms with Crippen LogP contribution < -0.4 is 5.32 Å². The predicted octanol–water partition coefficient (Wildman–Crippen LogP) is 1.82. The molecule has 0 amide bonds. The third kappa shape index (κ3) is 5.50. The number of hydrogen-bond donors (Lipinski definition) is 1. The molecule has 0 aromatic rings. The summed E-state index contributed by atoms with van der Waals surface area (Å²) in [6.07, 6.45) is 3.99. The zero-order valence-electron chi connectivity index (χ0n) is 10.3. The average Bonchev–Trinajstić information content (AvgIpc) is 2.19. The molecule has 1 rings (SSSR count). The van der Waals surface area contributed by atoms with Gasteiger partial charge in [0.25, 0.3) is 0 Å². The fraction of sp³-hybridized carbons (Fsp3) is 1.00. The van der Waals surface area contributed by atoms with Gasteiger partial charge in [0.2, 0.25) is 0 Å². The van der Waals surface area contributed by atoms with Crippen molar-refractivity contribution in [2.45, 2.75) is 39.2 Å². The van der Waals surface area contributed by atoms with E-state index in [0.29, 0.717) is 6.10 Å². The van der Waals surface area contributed by atoms with Crippen LogP contribution in [0.5, 0.6) is 0 Å². The van der Waals surface area contributed by atoms with E-state index >= 15 is 0 Å². The first-order chi connectivity index (χ1) is 7.14. The third-order valence-corrected chi connectivity index (χ3v) is 2.73. The van der Waals surface area contributed by atoms with Gasteiger partial charge in [-0.1, -0.05) is 13.8 Å². The molecule has 0 saturated carbocycles. The van der Waals surface area contributed by atoms with E-state index in [1.165, 1.54) is 12.8 Å². The van der Waals surface area contributed by atoms with Crippen LogP contribution in [0.25, 0.3) is 0 Å². The molecule has 1 heterocycles. The minimum absolute atomic E-state index is 0.212. The fourth-order valence-electron chi connectivity index (χ4n) is 1.94. The molecule has 1 unspecified atom stereocenters. The molecule has 15 heavy (non-hydrogen) atoms. The standard InChI is InChI=1S/C12H25NO2/c1-12(2,9-13-3)10-14-8-11-6-4-5-7-15-11/h11,13H,4-10H2,1-3H3. The van der Waals surface area contributed by atoms with Crippen LogP contribution in [-0.4, -0.2) is 39.5 Å². The topological polar surface area (TPSA) is 30.5 Å². The monoisotopic (exact) mass is 215 g/mol. The number of ether oxygens (including phenoxy) is 2. The van der Waals surface area contributed by atoms with Crippen LogP contribution in [0, 0.1) is 5.41 Å². The van der Waals surface area contributed by atoms with Crippen molar-refractivity contribution in [1.82, 2.24) is 5.32 Å². The Labute approximate surface area is 93.5 Å². The third-order valence-electron chi connectivity index (χ3n) is 2.73. The second-order valence-corrected chi connectivity index (χ2v) is 5.20. The summed E-state index contributed by atoms with van der Waals surface area (Å²) in [6.45, 7) is 7.88. The fourth-order valence-corrected chi connectivity index (χ4v) is 1.94. The minimum Gasteiger partial charge on any atom is -0.378 e. The highest BCUT2D eigenvalue weighted by atomic mass is 16.5. The van der Waals surface area contributed by atoms with E-state index in [4.69, 9.17) is 9.47 Å². The minimum atomic E-state index is 0.212. The van der Waals surface area contributed by atoms with Gasteiger partial charge in [0, 0.05) is 18.6 Å². The van der Waals surface area contributed by atoms with Crippen LogP contribution in [-0.2, 0) is 9.47 Å². The van der Waals surface area contributed by atoms with Gasteiger partial charge in [-0.25, -0.2) is 0 Å². The molecular weight excluding hydrogens is 190 g/mol. The van der Waals surface area contributed by atoms with Gasteiger partial charge in [-0.2, -0.15) is 0 Å². The number of hydrogen-bond acceptors (Lipinski definition) is 3. The summed E-state index contributed by atoms with van der Waals surface area (Å²) in [5.41, 5.74) is 0.212. The Morgan fingerprint density at radius 2 is 2.20 bits per heavy atom. The van der Waals surface area contributed by atoms with E-state index < -0.39 is 0 Å². The largest absolute Gasteiger partial charge is 0.378 e. The van der Waals surface area contributed by atoms with Gasteiger partial charge < -0.3 is 14.8 Å². The maximum Gasteiger partial charge on any atom is 0.0808 e. The van der Waals surface area contributed by atoms with Crippen molar-refractivity contribution in [2.75, 3.05) is 33.4 Å². The molecular formula is C12H25NO2. The van der Waals surface area contributed by atoms with Crippen molar-refractivity contribution >= 4 is 0 Å². The predicted molar refractivity (Wildman–Crippen MR) is 62.1 cm³/mol. The molecule has 1 fully saturated rings. The summed E-state index contributed by atoms with van der Waals surface area (Å²) >= 11 is 0. The first-order valence-electron chi connectivity index (χ1n) is 5.98. The van der Waals surface area contributed by atoms with E-state index in [-0.39, 0.29) is 5.41 Å². The maximum atomic E-state index is 5.73. The highest BCUT2D eigenvalue weighted by Gasteiger charge is 2.19. The summed E-state index contributed by atoms with van der Waals surface area (Å²) in [5, 5.41) is 3.19. The molecule has 90 valence electrons. The number of nitrogens with one attached hydrogen (secondary N) is 1. The van der Waals surface area contributed by atoms with Gasteiger partial charge in [0.05, 0.1) is 19.3 Å². The zero-order chi connectivity index (χ0) is 11.1. The van der Waals surface area contributed by atoms with Crippen LogP contribution in [0.15, 0.2) is 0 Å². The van der Waals surface area contributed by atoms with Crippen LogP contribution in [0.2, 0.25) is 0 Å². The van der Waals surface area contributed by atoms with Crippen molar-refractivity contribution in [3.05, 3.63) is 0 Å². The summed E-state index contributed by atoms with van der Waals surface area (Å²) in [7, 11) is 1.98. The van der Waals surface area contributed by atoms with E-state index in [9.17, 15) is 0 Å². The molecule has 0 bridgehead atoms. The first kappa shape index (κ1) is 12.9. The Kier molecular flexibility index (Phi) is 5.58. The summed E-state index contributed by atoms with van der Waals surface area (Å²) in [4.78, 5) is 0. The van der Waals surface area contributed by atoms with Gasteiger partial charge in [0.1, 0.15) is 0 Å². The zero-order valence-corrected chi connectivity index (χ0v) is 10.3. The van der Waals surface area contributed by atoms with Gasteiger partial charge in [0.15, 0.2) is 0 Å². The number of rotatable bonds is 6. The molecule has 0 spiro atoms. The van der Waals surface area contributed by atoms with Gasteiger partial charge >= 0.3 is 0 Å². The molecule has 0 radical (unpaired) electrons. The Morgan fingerprint density at radius 1 is 1.40 bits per heavy atom. The molecule has 0 aliphatic carbocycles. The normalized spacial score (nSPS) is 23.0. The lowest BCUT2D eigenvalue weighted by Gasteiger charge is -2.27. The highest BCUT2D eigenvalue weighted by molar-refractivity contribution is 4.70. The van der Waals surface area contributed by atoms with Gasteiger partial charge in [-0.15, -0.1) is 0 Å². The molecule has 1 saturated heterocycles. The Morgan fingerprint density at radius 3 is 2.80 bits per heavy atom. The molecule has 1 aliphatic rings. The van der Waals surface area contributed by atoms with Gasteiger partial charge in [-0.3, -0.25) is 0 Å². The maximum absolute atomic E-state index is 5.73. The second kappa shape index (κ2) is 6.46. The van der Waals surface area contributed by atoms with Crippen molar-refractivity contribution in [2.24, 2.45) is 5.41 Å². The Balaban J connectivity index is 2.09. The van der Waals surface area contributed by atoms with Crippen LogP contribution >= 0.6 is 0 Å². The molecule has 0 aromatic carbocycles. The molecule has 3 heteroatoms. The first-order valence-corrected chi connectivity index (χ1v) is 5.98. The van der Waals surface area contributed by atoms with E-state index in [2.05, 4.69) is 19.2 Å². The molecule has 1 aliphatic heterocycles. The lowest BCUT2D eigenvalue weighted by molar-refractivity contribution is -0.0544. The Bertz CT molecular complexity index is 165. The second-order valence-electron chi connectivity index (χ2n) is 5.20. The average molecular weight is 215 g/mol. The molecule has 1 N–H and O–H groups in total. The SMILES string of the molecule is CNCC(C)(C)COCC1CCCCO1. The molecule has 1 atom stereocenters. The van der Waals surface area contributed by atoms with Gasteiger partial charge in [-0.05, 0) is 26.3 Å². The van der Waals surface area contributed by atoms with E-state index in [1.807, 2.05) is 7.05 Å². The van der Waals surface area contributed by atoms with Crippen LogP contribution in [0.1, 0.15) is 33.1 Å². The van der Waals surface area contributed by atoms with Crippen LogP contribution in [0.4, 0.5) is 0 Å². The Hall–Kier alpha value is -0.120.